The van der Waals surface area contributed by atoms with Crippen LogP contribution < -0.4 is 5.32 Å². The van der Waals surface area contributed by atoms with Crippen LogP contribution in [0.3, 0.4) is 0 Å². The van der Waals surface area contributed by atoms with Crippen LogP contribution in [0, 0.1) is 0 Å². The summed E-state index contributed by atoms with van der Waals surface area (Å²) in [5.41, 5.74) is 6.69. The van der Waals surface area contributed by atoms with Gasteiger partial charge < -0.3 is 20.3 Å². The maximum absolute atomic E-state index is 14.1. The summed E-state index contributed by atoms with van der Waals surface area (Å²) in [5, 5.41) is 13.7. The van der Waals surface area contributed by atoms with Crippen LogP contribution in [-0.2, 0) is 17.6 Å². The summed E-state index contributed by atoms with van der Waals surface area (Å²) in [5.74, 6) is -1.42. The van der Waals surface area contributed by atoms with Gasteiger partial charge in [0.25, 0.3) is 11.8 Å². The third-order valence-electron chi connectivity index (χ3n) is 8.27. The number of carboxylic acid groups (broad SMARTS) is 1. The van der Waals surface area contributed by atoms with Gasteiger partial charge in [-0.15, -0.1) is 0 Å². The molecule has 0 bridgehead atoms. The number of hydrogen-bond donors (Lipinski definition) is 3. The van der Waals surface area contributed by atoms with Crippen LogP contribution in [0.2, 0.25) is 0 Å². The Morgan fingerprint density at radius 2 is 1.49 bits per heavy atom. The van der Waals surface area contributed by atoms with Crippen LogP contribution in [-0.4, -0.2) is 45.9 Å². The van der Waals surface area contributed by atoms with Gasteiger partial charge in [-0.05, 0) is 65.3 Å². The molecule has 0 saturated heterocycles. The van der Waals surface area contributed by atoms with Crippen LogP contribution >= 0.6 is 0 Å². The number of nitrogens with zero attached hydrogens (tertiary/aromatic N) is 1. The van der Waals surface area contributed by atoms with Crippen molar-refractivity contribution in [3.8, 4) is 11.1 Å². The highest BCUT2D eigenvalue weighted by Crippen LogP contribution is 2.33. The zero-order valence-electron chi connectivity index (χ0n) is 23.8. The Kier molecular flexibility index (Phi) is 8.05. The summed E-state index contributed by atoms with van der Waals surface area (Å²) >= 11 is 0. The minimum Gasteiger partial charge on any atom is -0.481 e. The fourth-order valence-electron chi connectivity index (χ4n) is 6.07. The number of rotatable bonds is 10. The quantitative estimate of drug-likeness (QED) is 0.180. The van der Waals surface area contributed by atoms with Crippen molar-refractivity contribution in [3.63, 3.8) is 0 Å². The van der Waals surface area contributed by atoms with Gasteiger partial charge in [-0.3, -0.25) is 14.4 Å². The van der Waals surface area contributed by atoms with Crippen molar-refractivity contribution in [2.24, 2.45) is 0 Å². The molecule has 0 radical (unpaired) electrons. The molecule has 0 spiro atoms. The Labute approximate surface area is 250 Å². The Morgan fingerprint density at radius 3 is 2.30 bits per heavy atom. The number of fused-ring (bicyclic) bond motifs is 2. The molecule has 7 nitrogen and oxygen atoms in total. The van der Waals surface area contributed by atoms with Crippen molar-refractivity contribution in [2.45, 2.75) is 31.7 Å². The number of aromatic nitrogens is 1. The third-order valence-corrected chi connectivity index (χ3v) is 8.27. The molecular weight excluding hydrogens is 538 g/mol. The molecule has 216 valence electrons. The minimum atomic E-state index is -0.964. The van der Waals surface area contributed by atoms with Gasteiger partial charge in [0, 0.05) is 41.3 Å². The molecule has 1 unspecified atom stereocenters. The van der Waals surface area contributed by atoms with Gasteiger partial charge in [0.15, 0.2) is 0 Å². The standard InChI is InChI=1S/C36H33N3O4/c40-34(41)20-22-39(21-19-25-23-37-32-16-8-7-11-27(25)32)36(43)31-15-6-4-13-29(31)28-12-3-5-14-30(28)35(42)38-33-18-17-24-9-1-2-10-26(24)33/h1-16,23,33,37H,17-22H2,(H,38,42)(H,40,41). The number of amides is 2. The van der Waals surface area contributed by atoms with Gasteiger partial charge in [0.1, 0.15) is 0 Å². The SMILES string of the molecule is O=C(O)CCN(CCc1c[nH]c2ccccc12)C(=O)c1ccccc1-c1ccccc1C(=O)NC1CCc2ccccc21. The molecule has 1 aliphatic rings. The maximum atomic E-state index is 14.1. The number of H-pyrrole nitrogens is 1. The number of carboxylic acids is 1. The monoisotopic (exact) mass is 571 g/mol. The normalized spacial score (nSPS) is 13.9. The predicted octanol–water partition coefficient (Wildman–Crippen LogP) is 6.41. The minimum absolute atomic E-state index is 0.0651. The van der Waals surface area contributed by atoms with E-state index in [0.717, 1.165) is 34.9 Å². The number of aryl methyl sites for hydroxylation is 1. The highest BCUT2D eigenvalue weighted by Gasteiger charge is 2.26. The second-order valence-corrected chi connectivity index (χ2v) is 10.9. The molecule has 43 heavy (non-hydrogen) atoms. The fraction of sp³-hybridized carbons (Fsp3) is 0.194. The topological polar surface area (TPSA) is 102 Å². The van der Waals surface area contributed by atoms with E-state index in [1.165, 1.54) is 5.56 Å². The average Bonchev–Trinajstić information content (AvgIpc) is 3.65. The molecule has 1 aromatic heterocycles. The molecule has 4 aromatic carbocycles. The lowest BCUT2D eigenvalue weighted by atomic mass is 9.94. The van der Waals surface area contributed by atoms with E-state index in [1.54, 1.807) is 23.1 Å². The van der Waals surface area contributed by atoms with Gasteiger partial charge in [-0.1, -0.05) is 78.9 Å². The first-order valence-corrected chi connectivity index (χ1v) is 14.6. The van der Waals surface area contributed by atoms with Crippen molar-refractivity contribution in [1.82, 2.24) is 15.2 Å². The Bertz CT molecular complexity index is 1810. The number of benzene rings is 4. The van der Waals surface area contributed by atoms with Crippen LogP contribution in [0.25, 0.3) is 22.0 Å². The first-order chi connectivity index (χ1) is 21.0. The van der Waals surface area contributed by atoms with Crippen LogP contribution in [0.15, 0.2) is 103 Å². The molecule has 0 saturated carbocycles. The van der Waals surface area contributed by atoms with E-state index >= 15 is 0 Å². The zero-order valence-corrected chi connectivity index (χ0v) is 23.8. The van der Waals surface area contributed by atoms with Crippen molar-refractivity contribution in [2.75, 3.05) is 13.1 Å². The van der Waals surface area contributed by atoms with Gasteiger partial charge in [0.05, 0.1) is 12.5 Å². The number of carbonyl (C=O) groups excluding carboxylic acids is 2. The second kappa shape index (κ2) is 12.4. The van der Waals surface area contributed by atoms with Gasteiger partial charge in [-0.2, -0.15) is 0 Å². The molecule has 2 amide bonds. The molecule has 0 aliphatic heterocycles. The van der Waals surface area contributed by atoms with E-state index in [9.17, 15) is 19.5 Å². The number of nitrogens with one attached hydrogen (secondary N) is 2. The lowest BCUT2D eigenvalue weighted by Crippen LogP contribution is -2.35. The van der Waals surface area contributed by atoms with E-state index < -0.39 is 5.97 Å². The summed E-state index contributed by atoms with van der Waals surface area (Å²) < 4.78 is 0. The Balaban J connectivity index is 1.28. The van der Waals surface area contributed by atoms with E-state index in [-0.39, 0.29) is 30.8 Å². The average molecular weight is 572 g/mol. The van der Waals surface area contributed by atoms with Crippen molar-refractivity contribution >= 4 is 28.7 Å². The predicted molar refractivity (Wildman–Crippen MR) is 167 cm³/mol. The second-order valence-electron chi connectivity index (χ2n) is 10.9. The molecule has 6 rings (SSSR count). The Morgan fingerprint density at radius 1 is 0.814 bits per heavy atom. The van der Waals surface area contributed by atoms with E-state index in [2.05, 4.69) is 22.4 Å². The van der Waals surface area contributed by atoms with Crippen molar-refractivity contribution < 1.29 is 19.5 Å². The van der Waals surface area contributed by atoms with Gasteiger partial charge in [0.2, 0.25) is 0 Å². The molecular formula is C36H33N3O4. The first kappa shape index (κ1) is 28.0. The summed E-state index contributed by atoms with van der Waals surface area (Å²) in [6.07, 6.45) is 4.11. The van der Waals surface area contributed by atoms with Crippen LogP contribution in [0.1, 0.15) is 56.3 Å². The summed E-state index contributed by atoms with van der Waals surface area (Å²) in [7, 11) is 0. The molecule has 1 atom stereocenters. The molecule has 7 heteroatoms. The lowest BCUT2D eigenvalue weighted by molar-refractivity contribution is -0.137. The molecule has 3 N–H and O–H groups in total. The summed E-state index contributed by atoms with van der Waals surface area (Å²) in [4.78, 5) is 44.1. The number of aliphatic carboxylic acids is 1. The third kappa shape index (κ3) is 5.93. The van der Waals surface area contributed by atoms with Gasteiger partial charge in [-0.25, -0.2) is 0 Å². The maximum Gasteiger partial charge on any atom is 0.305 e. The molecule has 1 aliphatic carbocycles. The number of aromatic amines is 1. The van der Waals surface area contributed by atoms with E-state index in [1.807, 2.05) is 72.9 Å². The van der Waals surface area contributed by atoms with Gasteiger partial charge >= 0.3 is 5.97 Å². The van der Waals surface area contributed by atoms with Crippen LogP contribution in [0.5, 0.6) is 0 Å². The number of para-hydroxylation sites is 1. The van der Waals surface area contributed by atoms with E-state index in [0.29, 0.717) is 35.2 Å². The molecule has 5 aromatic rings. The summed E-state index contributed by atoms with van der Waals surface area (Å²) in [6.45, 7) is 0.430. The molecule has 0 fully saturated rings. The first-order valence-electron chi connectivity index (χ1n) is 14.6. The largest absolute Gasteiger partial charge is 0.481 e. The summed E-state index contributed by atoms with van der Waals surface area (Å²) in [6, 6.07) is 30.7. The zero-order chi connectivity index (χ0) is 29.8. The number of carbonyl (C=O) groups is 3. The van der Waals surface area contributed by atoms with Crippen molar-refractivity contribution in [3.05, 3.63) is 131 Å². The lowest BCUT2D eigenvalue weighted by Gasteiger charge is -2.24. The fourth-order valence-corrected chi connectivity index (χ4v) is 6.07. The van der Waals surface area contributed by atoms with Crippen molar-refractivity contribution in [1.29, 1.82) is 0 Å². The smallest absolute Gasteiger partial charge is 0.305 e. The highest BCUT2D eigenvalue weighted by molar-refractivity contribution is 6.06. The molecule has 1 heterocycles. The van der Waals surface area contributed by atoms with E-state index in [4.69, 9.17) is 0 Å². The highest BCUT2D eigenvalue weighted by atomic mass is 16.4. The number of hydrogen-bond acceptors (Lipinski definition) is 3. The van der Waals surface area contributed by atoms with Crippen LogP contribution in [0.4, 0.5) is 0 Å². The Hall–Kier alpha value is -5.17.